The number of halogens is 2. The molecule has 0 aliphatic heterocycles. The van der Waals surface area contributed by atoms with Crippen molar-refractivity contribution in [3.05, 3.63) is 56.6 Å². The Kier molecular flexibility index (Phi) is 5.59. The maximum absolute atomic E-state index is 10.9. The molecule has 2 aromatic carbocycles. The van der Waals surface area contributed by atoms with Crippen molar-refractivity contribution in [1.29, 1.82) is 0 Å². The van der Waals surface area contributed by atoms with Gasteiger partial charge in [0.05, 0.1) is 33.5 Å². The molecule has 2 aromatic rings. The number of nitrogens with one attached hydrogen (secondary N) is 2. The van der Waals surface area contributed by atoms with Gasteiger partial charge in [-0.15, -0.1) is 0 Å². The first-order chi connectivity index (χ1) is 10.9. The Hall–Kier alpha value is -2.09. The van der Waals surface area contributed by atoms with E-state index in [-0.39, 0.29) is 10.8 Å². The van der Waals surface area contributed by atoms with E-state index in [1.807, 2.05) is 0 Å². The predicted octanol–water partition coefficient (Wildman–Crippen LogP) is 4.72. The second-order valence-corrected chi connectivity index (χ2v) is 5.52. The summed E-state index contributed by atoms with van der Waals surface area (Å²) in [7, 11) is 1.46. The maximum Gasteiger partial charge on any atom is 0.271 e. The van der Waals surface area contributed by atoms with Crippen molar-refractivity contribution in [2.45, 2.75) is 0 Å². The van der Waals surface area contributed by atoms with Crippen LogP contribution in [0.15, 0.2) is 36.4 Å². The lowest BCUT2D eigenvalue weighted by molar-refractivity contribution is -0.384. The van der Waals surface area contributed by atoms with E-state index in [2.05, 4.69) is 10.6 Å². The summed E-state index contributed by atoms with van der Waals surface area (Å²) in [6, 6.07) is 9.21. The highest BCUT2D eigenvalue weighted by atomic mass is 35.5. The van der Waals surface area contributed by atoms with Gasteiger partial charge in [0.1, 0.15) is 5.75 Å². The largest absolute Gasteiger partial charge is 0.495 e. The van der Waals surface area contributed by atoms with Crippen molar-refractivity contribution in [1.82, 2.24) is 0 Å². The summed E-state index contributed by atoms with van der Waals surface area (Å²) >= 11 is 17.2. The molecule has 0 aromatic heterocycles. The number of thiocarbonyl (C=S) groups is 1. The van der Waals surface area contributed by atoms with Gasteiger partial charge in [-0.2, -0.15) is 0 Å². The lowest BCUT2D eigenvalue weighted by Gasteiger charge is -2.14. The van der Waals surface area contributed by atoms with Crippen LogP contribution in [0.5, 0.6) is 5.75 Å². The van der Waals surface area contributed by atoms with Crippen LogP contribution in [0.4, 0.5) is 17.1 Å². The summed E-state index contributed by atoms with van der Waals surface area (Å²) in [6.45, 7) is 0. The molecule has 120 valence electrons. The van der Waals surface area contributed by atoms with Crippen LogP contribution in [0.25, 0.3) is 0 Å². The average Bonchev–Trinajstić information content (AvgIpc) is 2.51. The fourth-order valence-electron chi connectivity index (χ4n) is 1.78. The molecule has 0 fully saturated rings. The monoisotopic (exact) mass is 371 g/mol. The predicted molar refractivity (Wildman–Crippen MR) is 96.0 cm³/mol. The van der Waals surface area contributed by atoms with Gasteiger partial charge in [-0.05, 0) is 30.4 Å². The molecule has 0 unspecified atom stereocenters. The van der Waals surface area contributed by atoms with E-state index in [1.54, 1.807) is 18.2 Å². The van der Waals surface area contributed by atoms with E-state index in [1.165, 1.54) is 25.3 Å². The van der Waals surface area contributed by atoms with Crippen LogP contribution in [0.1, 0.15) is 0 Å². The zero-order chi connectivity index (χ0) is 17.0. The van der Waals surface area contributed by atoms with Gasteiger partial charge in [-0.1, -0.05) is 29.3 Å². The van der Waals surface area contributed by atoms with E-state index in [0.717, 1.165) is 0 Å². The van der Waals surface area contributed by atoms with Crippen molar-refractivity contribution >= 4 is 57.6 Å². The van der Waals surface area contributed by atoms with E-state index in [4.69, 9.17) is 40.2 Å². The number of hydrogen-bond acceptors (Lipinski definition) is 4. The minimum atomic E-state index is -0.505. The van der Waals surface area contributed by atoms with E-state index in [9.17, 15) is 10.1 Å². The molecule has 2 N–H and O–H groups in total. The first kappa shape index (κ1) is 17.3. The molecule has 0 heterocycles. The van der Waals surface area contributed by atoms with Gasteiger partial charge in [0.2, 0.25) is 0 Å². The molecule has 6 nitrogen and oxygen atoms in total. The molecule has 23 heavy (non-hydrogen) atoms. The summed E-state index contributed by atoms with van der Waals surface area (Å²) in [5.74, 6) is 0.414. The minimum Gasteiger partial charge on any atom is -0.495 e. The quantitative estimate of drug-likeness (QED) is 0.460. The average molecular weight is 372 g/mol. The van der Waals surface area contributed by atoms with Crippen molar-refractivity contribution in [3.63, 3.8) is 0 Å². The van der Waals surface area contributed by atoms with Gasteiger partial charge < -0.3 is 15.4 Å². The molecule has 0 saturated heterocycles. The molecule has 0 saturated carbocycles. The molecule has 0 aliphatic rings. The third-order valence-corrected chi connectivity index (χ3v) is 3.86. The molecular formula is C14H11Cl2N3O3S. The molecule has 2 rings (SSSR count). The van der Waals surface area contributed by atoms with Gasteiger partial charge in [0.25, 0.3) is 5.69 Å². The van der Waals surface area contributed by atoms with Gasteiger partial charge in [0, 0.05) is 12.1 Å². The molecule has 0 aliphatic carbocycles. The van der Waals surface area contributed by atoms with Crippen LogP contribution in [0.3, 0.4) is 0 Å². The number of ether oxygens (including phenoxy) is 1. The van der Waals surface area contributed by atoms with Gasteiger partial charge in [0.15, 0.2) is 5.11 Å². The van der Waals surface area contributed by atoms with E-state index in [0.29, 0.717) is 27.2 Å². The molecule has 0 spiro atoms. The topological polar surface area (TPSA) is 76.4 Å². The Labute approximate surface area is 147 Å². The van der Waals surface area contributed by atoms with Gasteiger partial charge in [-0.25, -0.2) is 0 Å². The maximum atomic E-state index is 10.9. The van der Waals surface area contributed by atoms with Crippen molar-refractivity contribution in [2.24, 2.45) is 0 Å². The molecule has 0 atom stereocenters. The SMILES string of the molecule is COc1ccc([N+](=O)[O-])cc1NC(=S)Nc1cccc(Cl)c1Cl. The van der Waals surface area contributed by atoms with Crippen LogP contribution >= 0.6 is 35.4 Å². The van der Waals surface area contributed by atoms with Crippen LogP contribution in [0, 0.1) is 10.1 Å². The Morgan fingerprint density at radius 1 is 1.22 bits per heavy atom. The summed E-state index contributed by atoms with van der Waals surface area (Å²) in [6.07, 6.45) is 0. The van der Waals surface area contributed by atoms with Crippen molar-refractivity contribution in [3.8, 4) is 5.75 Å². The summed E-state index contributed by atoms with van der Waals surface area (Å²) in [4.78, 5) is 10.4. The number of benzene rings is 2. The molecule has 0 amide bonds. The number of nitro benzene ring substituents is 1. The zero-order valence-corrected chi connectivity index (χ0v) is 14.1. The molecule has 0 radical (unpaired) electrons. The van der Waals surface area contributed by atoms with E-state index < -0.39 is 4.92 Å². The number of hydrogen-bond donors (Lipinski definition) is 2. The van der Waals surface area contributed by atoms with Gasteiger partial charge in [-0.3, -0.25) is 10.1 Å². The Bertz CT molecular complexity index is 771. The highest BCUT2D eigenvalue weighted by molar-refractivity contribution is 7.80. The zero-order valence-electron chi connectivity index (χ0n) is 11.8. The van der Waals surface area contributed by atoms with Crippen LogP contribution in [0.2, 0.25) is 10.0 Å². The smallest absolute Gasteiger partial charge is 0.271 e. The minimum absolute atomic E-state index is 0.0862. The number of nitro groups is 1. The first-order valence-electron chi connectivity index (χ1n) is 6.27. The molecule has 0 bridgehead atoms. The standard InChI is InChI=1S/C14H11Cl2N3O3S/c1-22-12-6-5-8(19(20)21)7-11(12)18-14(23)17-10-4-2-3-9(15)13(10)16/h2-7H,1H3,(H2,17,18,23). The number of anilines is 2. The van der Waals surface area contributed by atoms with E-state index >= 15 is 0 Å². The third kappa shape index (κ3) is 4.22. The van der Waals surface area contributed by atoms with Crippen molar-refractivity contribution in [2.75, 3.05) is 17.7 Å². The highest BCUT2D eigenvalue weighted by Gasteiger charge is 2.13. The molecular weight excluding hydrogens is 361 g/mol. The number of non-ortho nitro benzene ring substituents is 1. The number of rotatable bonds is 4. The summed E-state index contributed by atoms with van der Waals surface area (Å²) < 4.78 is 5.15. The fraction of sp³-hybridized carbons (Fsp3) is 0.0714. The van der Waals surface area contributed by atoms with Gasteiger partial charge >= 0.3 is 0 Å². The lowest BCUT2D eigenvalue weighted by Crippen LogP contribution is -2.19. The van der Waals surface area contributed by atoms with Crippen LogP contribution in [-0.4, -0.2) is 17.1 Å². The first-order valence-corrected chi connectivity index (χ1v) is 7.43. The Morgan fingerprint density at radius 3 is 2.57 bits per heavy atom. The second-order valence-electron chi connectivity index (χ2n) is 4.32. The number of methoxy groups -OCH3 is 1. The summed E-state index contributed by atoms with van der Waals surface area (Å²) in [5, 5.41) is 17.5. The fourth-order valence-corrected chi connectivity index (χ4v) is 2.35. The number of nitrogens with zero attached hydrogens (tertiary/aromatic N) is 1. The van der Waals surface area contributed by atoms with Crippen molar-refractivity contribution < 1.29 is 9.66 Å². The lowest BCUT2D eigenvalue weighted by atomic mass is 10.2. The second kappa shape index (κ2) is 7.45. The summed E-state index contributed by atoms with van der Waals surface area (Å²) in [5.41, 5.74) is 0.787. The van der Waals surface area contributed by atoms with Crippen LogP contribution in [-0.2, 0) is 0 Å². The molecule has 9 heteroatoms. The third-order valence-electron chi connectivity index (χ3n) is 2.84. The Balaban J connectivity index is 2.21. The normalized spacial score (nSPS) is 10.0. The Morgan fingerprint density at radius 2 is 1.91 bits per heavy atom. The highest BCUT2D eigenvalue weighted by Crippen LogP contribution is 2.31. The van der Waals surface area contributed by atoms with Crippen LogP contribution < -0.4 is 15.4 Å².